The molecule has 0 amide bonds. The van der Waals surface area contributed by atoms with Crippen molar-refractivity contribution in [2.45, 2.75) is 24.9 Å². The van der Waals surface area contributed by atoms with E-state index >= 15 is 0 Å². The molecule has 0 spiro atoms. The third-order valence-electron chi connectivity index (χ3n) is 3.45. The summed E-state index contributed by atoms with van der Waals surface area (Å²) in [6.07, 6.45) is 1.67. The van der Waals surface area contributed by atoms with Crippen LogP contribution in [0.25, 0.3) is 0 Å². The summed E-state index contributed by atoms with van der Waals surface area (Å²) >= 11 is 7.39. The summed E-state index contributed by atoms with van der Waals surface area (Å²) in [6.45, 7) is 0. The van der Waals surface area contributed by atoms with Crippen molar-refractivity contribution in [3.05, 3.63) is 56.7 Å². The Balaban J connectivity index is 1.92. The lowest BCUT2D eigenvalue weighted by molar-refractivity contribution is 0.148. The maximum absolute atomic E-state index is 10.4. The fourth-order valence-corrected chi connectivity index (χ4v) is 3.72. The molecule has 1 nitrogen and oxygen atoms in total. The number of halogens is 1. The van der Waals surface area contributed by atoms with Crippen LogP contribution in [0.2, 0.25) is 4.34 Å². The van der Waals surface area contributed by atoms with E-state index in [9.17, 15) is 5.11 Å². The molecule has 3 heteroatoms. The summed E-state index contributed by atoms with van der Waals surface area (Å²) in [7, 11) is 0. The first-order chi connectivity index (χ1) is 8.25. The predicted octanol–water partition coefficient (Wildman–Crippen LogP) is 4.16. The topological polar surface area (TPSA) is 20.2 Å². The van der Waals surface area contributed by atoms with Gasteiger partial charge in [-0.25, -0.2) is 0 Å². The van der Waals surface area contributed by atoms with Crippen LogP contribution in [0.1, 0.15) is 34.4 Å². The van der Waals surface area contributed by atoms with Gasteiger partial charge in [0, 0.05) is 10.8 Å². The van der Waals surface area contributed by atoms with Crippen molar-refractivity contribution < 1.29 is 5.11 Å². The van der Waals surface area contributed by atoms with Gasteiger partial charge in [0.2, 0.25) is 0 Å². The lowest BCUT2D eigenvalue weighted by Crippen LogP contribution is -2.06. The van der Waals surface area contributed by atoms with E-state index in [0.717, 1.165) is 22.1 Å². The molecule has 1 aliphatic rings. The quantitative estimate of drug-likeness (QED) is 0.863. The van der Waals surface area contributed by atoms with Gasteiger partial charge in [-0.1, -0.05) is 35.9 Å². The van der Waals surface area contributed by atoms with Gasteiger partial charge in [-0.15, -0.1) is 11.3 Å². The van der Waals surface area contributed by atoms with Crippen LogP contribution in [0, 0.1) is 0 Å². The van der Waals surface area contributed by atoms with Gasteiger partial charge in [0.05, 0.1) is 10.4 Å². The van der Waals surface area contributed by atoms with Crippen LogP contribution in [0.3, 0.4) is 0 Å². The van der Waals surface area contributed by atoms with E-state index in [2.05, 4.69) is 18.2 Å². The minimum absolute atomic E-state index is 0.223. The highest BCUT2D eigenvalue weighted by Crippen LogP contribution is 2.43. The first-order valence-corrected chi connectivity index (χ1v) is 6.96. The zero-order valence-electron chi connectivity index (χ0n) is 9.27. The van der Waals surface area contributed by atoms with E-state index < -0.39 is 6.10 Å². The monoisotopic (exact) mass is 264 g/mol. The molecule has 0 saturated carbocycles. The Morgan fingerprint density at radius 1 is 1.24 bits per heavy atom. The fourth-order valence-electron chi connectivity index (χ4n) is 2.60. The minimum Gasteiger partial charge on any atom is -0.387 e. The molecule has 0 saturated heterocycles. The molecule has 1 aromatic carbocycles. The number of fused-ring (bicyclic) bond motifs is 1. The number of thiophene rings is 1. The van der Waals surface area contributed by atoms with Crippen LogP contribution in [0.5, 0.6) is 0 Å². The van der Waals surface area contributed by atoms with E-state index in [-0.39, 0.29) is 5.92 Å². The number of aliphatic hydroxyl groups is 1. The SMILES string of the molecule is OC(c1ccc(Cl)s1)C1CCc2ccccc21. The van der Waals surface area contributed by atoms with Gasteiger partial charge in [-0.05, 0) is 36.1 Å². The van der Waals surface area contributed by atoms with Gasteiger partial charge in [0.25, 0.3) is 0 Å². The molecule has 1 aliphatic carbocycles. The number of rotatable bonds is 2. The van der Waals surface area contributed by atoms with Crippen LogP contribution in [0.15, 0.2) is 36.4 Å². The number of aryl methyl sites for hydroxylation is 1. The molecule has 1 N–H and O–H groups in total. The normalized spacial score (nSPS) is 20.2. The number of hydrogen-bond acceptors (Lipinski definition) is 2. The molecule has 3 rings (SSSR count). The molecule has 1 aromatic heterocycles. The molecule has 1 heterocycles. The Morgan fingerprint density at radius 2 is 2.06 bits per heavy atom. The van der Waals surface area contributed by atoms with E-state index in [1.807, 2.05) is 18.2 Å². The molecule has 0 radical (unpaired) electrons. The molecular formula is C14H13ClOS. The minimum atomic E-state index is -0.420. The Bertz CT molecular complexity index is 535. The van der Waals surface area contributed by atoms with Crippen molar-refractivity contribution in [1.82, 2.24) is 0 Å². The van der Waals surface area contributed by atoms with E-state index in [0.29, 0.717) is 0 Å². The van der Waals surface area contributed by atoms with Crippen molar-refractivity contribution in [2.24, 2.45) is 0 Å². The summed E-state index contributed by atoms with van der Waals surface area (Å²) in [5.74, 6) is 0.223. The molecule has 0 fully saturated rings. The summed E-state index contributed by atoms with van der Waals surface area (Å²) < 4.78 is 0.741. The fraction of sp³-hybridized carbons (Fsp3) is 0.286. The third kappa shape index (κ3) is 2.01. The summed E-state index contributed by atoms with van der Waals surface area (Å²) in [4.78, 5) is 0.969. The van der Waals surface area contributed by atoms with Crippen LogP contribution in [-0.4, -0.2) is 5.11 Å². The van der Waals surface area contributed by atoms with Gasteiger partial charge in [0.1, 0.15) is 0 Å². The molecule has 0 bridgehead atoms. The molecule has 2 unspecified atom stereocenters. The Kier molecular flexibility index (Phi) is 2.95. The van der Waals surface area contributed by atoms with Crippen LogP contribution in [-0.2, 0) is 6.42 Å². The lowest BCUT2D eigenvalue weighted by atomic mass is 9.94. The molecular weight excluding hydrogens is 252 g/mol. The predicted molar refractivity (Wildman–Crippen MR) is 71.8 cm³/mol. The number of aliphatic hydroxyl groups excluding tert-OH is 1. The number of benzene rings is 1. The molecule has 88 valence electrons. The standard InChI is InChI=1S/C14H13ClOS/c15-13-8-7-12(17-13)14(16)11-6-5-9-3-1-2-4-10(9)11/h1-4,7-8,11,14,16H,5-6H2. The second kappa shape index (κ2) is 4.45. The summed E-state index contributed by atoms with van der Waals surface area (Å²) in [5.41, 5.74) is 2.67. The third-order valence-corrected chi connectivity index (χ3v) is 4.75. The van der Waals surface area contributed by atoms with Crippen molar-refractivity contribution in [3.8, 4) is 0 Å². The van der Waals surface area contributed by atoms with Crippen LogP contribution >= 0.6 is 22.9 Å². The molecule has 2 aromatic rings. The Hall–Kier alpha value is -0.830. The van der Waals surface area contributed by atoms with Gasteiger partial charge in [-0.3, -0.25) is 0 Å². The first kappa shape index (κ1) is 11.3. The van der Waals surface area contributed by atoms with E-state index in [1.165, 1.54) is 22.5 Å². The highest BCUT2D eigenvalue weighted by molar-refractivity contribution is 7.16. The van der Waals surface area contributed by atoms with E-state index in [1.54, 1.807) is 0 Å². The van der Waals surface area contributed by atoms with Crippen molar-refractivity contribution in [2.75, 3.05) is 0 Å². The average Bonchev–Trinajstić information content (AvgIpc) is 2.94. The summed E-state index contributed by atoms with van der Waals surface area (Å²) in [6, 6.07) is 12.2. The second-order valence-corrected chi connectivity index (χ2v) is 6.18. The van der Waals surface area contributed by atoms with Gasteiger partial charge in [0.15, 0.2) is 0 Å². The Labute approximate surface area is 110 Å². The largest absolute Gasteiger partial charge is 0.387 e. The highest BCUT2D eigenvalue weighted by Gasteiger charge is 2.29. The van der Waals surface area contributed by atoms with Gasteiger partial charge < -0.3 is 5.11 Å². The van der Waals surface area contributed by atoms with Gasteiger partial charge in [-0.2, -0.15) is 0 Å². The first-order valence-electron chi connectivity index (χ1n) is 5.77. The Morgan fingerprint density at radius 3 is 2.82 bits per heavy atom. The maximum Gasteiger partial charge on any atom is 0.0950 e. The molecule has 17 heavy (non-hydrogen) atoms. The maximum atomic E-state index is 10.4. The summed E-state index contributed by atoms with van der Waals surface area (Å²) in [5, 5.41) is 10.4. The van der Waals surface area contributed by atoms with Crippen molar-refractivity contribution >= 4 is 22.9 Å². The second-order valence-electron chi connectivity index (χ2n) is 4.43. The van der Waals surface area contributed by atoms with Crippen molar-refractivity contribution in [1.29, 1.82) is 0 Å². The van der Waals surface area contributed by atoms with E-state index in [4.69, 9.17) is 11.6 Å². The smallest absolute Gasteiger partial charge is 0.0950 e. The van der Waals surface area contributed by atoms with Crippen LogP contribution in [0.4, 0.5) is 0 Å². The zero-order chi connectivity index (χ0) is 11.8. The molecule has 2 atom stereocenters. The number of hydrogen-bond donors (Lipinski definition) is 1. The molecule has 0 aliphatic heterocycles. The van der Waals surface area contributed by atoms with Crippen molar-refractivity contribution in [3.63, 3.8) is 0 Å². The van der Waals surface area contributed by atoms with Crippen LogP contribution < -0.4 is 0 Å². The van der Waals surface area contributed by atoms with Gasteiger partial charge >= 0.3 is 0 Å². The lowest BCUT2D eigenvalue weighted by Gasteiger charge is -2.17. The zero-order valence-corrected chi connectivity index (χ0v) is 10.8. The average molecular weight is 265 g/mol. The highest BCUT2D eigenvalue weighted by atomic mass is 35.5.